The second-order valence-electron chi connectivity index (χ2n) is 6.71. The zero-order valence-corrected chi connectivity index (χ0v) is 14.8. The van der Waals surface area contributed by atoms with E-state index in [1.54, 1.807) is 11.3 Å². The molecule has 0 saturated carbocycles. The van der Waals surface area contributed by atoms with Crippen molar-refractivity contribution >= 4 is 17.4 Å². The van der Waals surface area contributed by atoms with Crippen LogP contribution in [-0.4, -0.2) is 48.3 Å². The van der Waals surface area contributed by atoms with E-state index in [2.05, 4.69) is 43.4 Å². The summed E-state index contributed by atoms with van der Waals surface area (Å²) in [4.78, 5) is 18.7. The molecule has 1 N–H and O–H groups in total. The molecule has 1 aromatic heterocycles. The standard InChI is InChI=1S/C16H27N3O2S/c1-5-12-10-19(8-9-21-12)15(20)17-7-6-14-18-13(11-22-14)16(2,3)4/h11-12H,5-10H2,1-4H3,(H,17,20). The van der Waals surface area contributed by atoms with Crippen molar-refractivity contribution in [1.82, 2.24) is 15.2 Å². The van der Waals surface area contributed by atoms with Crippen LogP contribution in [0.5, 0.6) is 0 Å². The van der Waals surface area contributed by atoms with Crippen molar-refractivity contribution in [2.75, 3.05) is 26.2 Å². The van der Waals surface area contributed by atoms with Gasteiger partial charge in [0, 0.05) is 36.9 Å². The Labute approximate surface area is 137 Å². The van der Waals surface area contributed by atoms with E-state index in [0.29, 0.717) is 26.2 Å². The zero-order valence-electron chi connectivity index (χ0n) is 14.0. The van der Waals surface area contributed by atoms with Gasteiger partial charge in [0.2, 0.25) is 0 Å². The second-order valence-corrected chi connectivity index (χ2v) is 7.65. The molecule has 0 spiro atoms. The quantitative estimate of drug-likeness (QED) is 0.926. The van der Waals surface area contributed by atoms with Crippen molar-refractivity contribution in [3.8, 4) is 0 Å². The highest BCUT2D eigenvalue weighted by molar-refractivity contribution is 7.09. The number of carbonyl (C=O) groups is 1. The number of hydrogen-bond acceptors (Lipinski definition) is 4. The van der Waals surface area contributed by atoms with Crippen LogP contribution in [-0.2, 0) is 16.6 Å². The van der Waals surface area contributed by atoms with Crippen LogP contribution < -0.4 is 5.32 Å². The fraction of sp³-hybridized carbons (Fsp3) is 0.750. The molecular formula is C16H27N3O2S. The lowest BCUT2D eigenvalue weighted by molar-refractivity contribution is -0.0153. The third-order valence-corrected chi connectivity index (χ3v) is 4.73. The number of thiazole rings is 1. The maximum atomic E-state index is 12.2. The van der Waals surface area contributed by atoms with E-state index in [9.17, 15) is 4.79 Å². The predicted molar refractivity (Wildman–Crippen MR) is 89.5 cm³/mol. The van der Waals surface area contributed by atoms with Gasteiger partial charge in [-0.25, -0.2) is 9.78 Å². The van der Waals surface area contributed by atoms with Gasteiger partial charge in [-0.05, 0) is 6.42 Å². The van der Waals surface area contributed by atoms with Gasteiger partial charge in [-0.3, -0.25) is 0 Å². The van der Waals surface area contributed by atoms with Crippen LogP contribution in [0.1, 0.15) is 44.8 Å². The second kappa shape index (κ2) is 7.42. The summed E-state index contributed by atoms with van der Waals surface area (Å²) in [6.07, 6.45) is 1.90. The molecule has 2 heterocycles. The molecule has 1 saturated heterocycles. The van der Waals surface area contributed by atoms with Crippen molar-refractivity contribution in [3.63, 3.8) is 0 Å². The molecule has 5 nitrogen and oxygen atoms in total. The topological polar surface area (TPSA) is 54.5 Å². The van der Waals surface area contributed by atoms with Crippen molar-refractivity contribution in [1.29, 1.82) is 0 Å². The van der Waals surface area contributed by atoms with Crippen molar-refractivity contribution in [2.24, 2.45) is 0 Å². The lowest BCUT2D eigenvalue weighted by atomic mass is 9.93. The highest BCUT2D eigenvalue weighted by Gasteiger charge is 2.23. The Bertz CT molecular complexity index is 496. The number of urea groups is 1. The predicted octanol–water partition coefficient (Wildman–Crippen LogP) is 2.80. The van der Waals surface area contributed by atoms with Gasteiger partial charge < -0.3 is 15.0 Å². The normalized spacial score (nSPS) is 19.3. The molecule has 1 aliphatic heterocycles. The van der Waals surface area contributed by atoms with Gasteiger partial charge in [-0.15, -0.1) is 11.3 Å². The molecule has 2 rings (SSSR count). The first-order valence-electron chi connectivity index (χ1n) is 7.99. The minimum atomic E-state index is 0.00866. The molecule has 1 aromatic rings. The van der Waals surface area contributed by atoms with E-state index in [1.807, 2.05) is 4.90 Å². The average Bonchev–Trinajstić information content (AvgIpc) is 2.96. The lowest BCUT2D eigenvalue weighted by Crippen LogP contribution is -2.49. The Kier molecular flexibility index (Phi) is 5.81. The van der Waals surface area contributed by atoms with Crippen LogP contribution in [0.3, 0.4) is 0 Å². The number of amides is 2. The number of hydrogen-bond donors (Lipinski definition) is 1. The van der Waals surface area contributed by atoms with Crippen LogP contribution in [0.2, 0.25) is 0 Å². The van der Waals surface area contributed by atoms with Crippen LogP contribution >= 0.6 is 11.3 Å². The Morgan fingerprint density at radius 3 is 2.95 bits per heavy atom. The Morgan fingerprint density at radius 1 is 1.55 bits per heavy atom. The number of ether oxygens (including phenoxy) is 1. The first kappa shape index (κ1) is 17.2. The largest absolute Gasteiger partial charge is 0.375 e. The molecule has 0 aromatic carbocycles. The molecule has 0 bridgehead atoms. The molecule has 1 atom stereocenters. The van der Waals surface area contributed by atoms with Crippen LogP contribution in [0, 0.1) is 0 Å². The molecular weight excluding hydrogens is 298 g/mol. The minimum absolute atomic E-state index is 0.00866. The van der Waals surface area contributed by atoms with Crippen LogP contribution in [0.4, 0.5) is 4.79 Å². The van der Waals surface area contributed by atoms with E-state index in [-0.39, 0.29) is 17.6 Å². The molecule has 1 unspecified atom stereocenters. The highest BCUT2D eigenvalue weighted by Crippen LogP contribution is 2.23. The number of nitrogens with one attached hydrogen (secondary N) is 1. The summed E-state index contributed by atoms with van der Waals surface area (Å²) in [6, 6.07) is 0.00866. The summed E-state index contributed by atoms with van der Waals surface area (Å²) in [6.45, 7) is 11.2. The van der Waals surface area contributed by atoms with E-state index in [4.69, 9.17) is 4.74 Å². The number of nitrogens with zero attached hydrogens (tertiary/aromatic N) is 2. The maximum Gasteiger partial charge on any atom is 0.317 e. The molecule has 1 aliphatic rings. The summed E-state index contributed by atoms with van der Waals surface area (Å²) in [5, 5.41) is 6.19. The van der Waals surface area contributed by atoms with Crippen molar-refractivity contribution < 1.29 is 9.53 Å². The van der Waals surface area contributed by atoms with Gasteiger partial charge in [-0.1, -0.05) is 27.7 Å². The molecule has 1 fully saturated rings. The fourth-order valence-electron chi connectivity index (χ4n) is 2.31. The number of carbonyl (C=O) groups excluding carboxylic acids is 1. The van der Waals surface area contributed by atoms with E-state index in [1.165, 1.54) is 0 Å². The van der Waals surface area contributed by atoms with Gasteiger partial charge in [0.15, 0.2) is 0 Å². The molecule has 2 amide bonds. The van der Waals surface area contributed by atoms with Gasteiger partial charge in [0.25, 0.3) is 0 Å². The minimum Gasteiger partial charge on any atom is -0.375 e. The summed E-state index contributed by atoms with van der Waals surface area (Å²) < 4.78 is 5.59. The fourth-order valence-corrected chi connectivity index (χ4v) is 3.33. The summed E-state index contributed by atoms with van der Waals surface area (Å²) in [7, 11) is 0. The van der Waals surface area contributed by atoms with Crippen molar-refractivity contribution in [3.05, 3.63) is 16.1 Å². The summed E-state index contributed by atoms with van der Waals surface area (Å²) in [5.41, 5.74) is 1.21. The molecule has 22 heavy (non-hydrogen) atoms. The van der Waals surface area contributed by atoms with E-state index < -0.39 is 0 Å². The van der Waals surface area contributed by atoms with Gasteiger partial charge in [-0.2, -0.15) is 0 Å². The highest BCUT2D eigenvalue weighted by atomic mass is 32.1. The van der Waals surface area contributed by atoms with Gasteiger partial charge >= 0.3 is 6.03 Å². The third-order valence-electron chi connectivity index (χ3n) is 3.82. The third kappa shape index (κ3) is 4.68. The number of morpholine rings is 1. The number of aromatic nitrogens is 1. The molecule has 124 valence electrons. The van der Waals surface area contributed by atoms with Crippen LogP contribution in [0.25, 0.3) is 0 Å². The Morgan fingerprint density at radius 2 is 2.32 bits per heavy atom. The smallest absolute Gasteiger partial charge is 0.317 e. The Balaban J connectivity index is 1.76. The van der Waals surface area contributed by atoms with E-state index in [0.717, 1.165) is 23.5 Å². The maximum absolute atomic E-state index is 12.2. The SMILES string of the molecule is CCC1CN(C(=O)NCCc2nc(C(C)(C)C)cs2)CCO1. The monoisotopic (exact) mass is 325 g/mol. The molecule has 6 heteroatoms. The number of rotatable bonds is 4. The first-order chi connectivity index (χ1) is 10.4. The zero-order chi connectivity index (χ0) is 16.2. The Hall–Kier alpha value is -1.14. The average molecular weight is 325 g/mol. The summed E-state index contributed by atoms with van der Waals surface area (Å²) in [5.74, 6) is 0. The molecule has 0 radical (unpaired) electrons. The van der Waals surface area contributed by atoms with Crippen molar-refractivity contribution in [2.45, 2.75) is 52.1 Å². The van der Waals surface area contributed by atoms with E-state index >= 15 is 0 Å². The molecule has 0 aliphatic carbocycles. The first-order valence-corrected chi connectivity index (χ1v) is 8.87. The van der Waals surface area contributed by atoms with Crippen LogP contribution in [0.15, 0.2) is 5.38 Å². The van der Waals surface area contributed by atoms with Gasteiger partial charge in [0.1, 0.15) is 0 Å². The van der Waals surface area contributed by atoms with Gasteiger partial charge in [0.05, 0.1) is 23.4 Å². The lowest BCUT2D eigenvalue weighted by Gasteiger charge is -2.32. The summed E-state index contributed by atoms with van der Waals surface area (Å²) >= 11 is 1.67.